The van der Waals surface area contributed by atoms with Crippen LogP contribution in [0.5, 0.6) is 5.75 Å². The number of nitrogens with one attached hydrogen (secondary N) is 4. The normalized spacial score (nSPS) is 9.22. The van der Waals surface area contributed by atoms with Gasteiger partial charge in [-0.3, -0.25) is 15.6 Å². The Morgan fingerprint density at radius 2 is 2.17 bits per heavy atom. The van der Waals surface area contributed by atoms with Crippen LogP contribution in [-0.2, 0) is 4.79 Å². The number of anilines is 1. The molecular weight excluding hydrogens is 252 g/mol. The Kier molecular flexibility index (Phi) is 5.72. The maximum atomic E-state index is 11.4. The number of ether oxygens (including phenoxy) is 1. The number of rotatable bonds is 4. The molecule has 0 heterocycles. The quantitative estimate of drug-likeness (QED) is 0.463. The molecule has 1 aromatic rings. The van der Waals surface area contributed by atoms with Crippen LogP contribution in [0, 0.1) is 0 Å². The summed E-state index contributed by atoms with van der Waals surface area (Å²) in [4.78, 5) is 11.4. The maximum absolute atomic E-state index is 11.4. The molecule has 1 amide bonds. The van der Waals surface area contributed by atoms with E-state index < -0.39 is 0 Å². The highest BCUT2D eigenvalue weighted by Gasteiger charge is 2.01. The van der Waals surface area contributed by atoms with Crippen molar-refractivity contribution in [3.8, 4) is 5.75 Å². The van der Waals surface area contributed by atoms with E-state index in [-0.39, 0.29) is 12.5 Å². The van der Waals surface area contributed by atoms with Gasteiger partial charge in [0.05, 0.1) is 13.7 Å². The lowest BCUT2D eigenvalue weighted by atomic mass is 10.3. The zero-order valence-corrected chi connectivity index (χ0v) is 11.1. The fourth-order valence-corrected chi connectivity index (χ4v) is 1.20. The van der Waals surface area contributed by atoms with Gasteiger partial charge < -0.3 is 15.4 Å². The van der Waals surface area contributed by atoms with Crippen molar-refractivity contribution in [3.63, 3.8) is 0 Å². The molecule has 0 fully saturated rings. The van der Waals surface area contributed by atoms with Gasteiger partial charge in [0.15, 0.2) is 5.11 Å². The first kappa shape index (κ1) is 14.0. The molecule has 0 aromatic heterocycles. The Balaban J connectivity index is 2.35. The standard InChI is InChI=1S/C11H16N4O2S/c1-12-11(18)15-14-10(16)7-13-8-4-3-5-9(6-8)17-2/h3-6,13H,7H2,1-2H3,(H,14,16)(H2,12,15,18). The molecule has 98 valence electrons. The predicted octanol–water partition coefficient (Wildman–Crippen LogP) is 0.232. The smallest absolute Gasteiger partial charge is 0.257 e. The molecular formula is C11H16N4O2S. The van der Waals surface area contributed by atoms with Gasteiger partial charge >= 0.3 is 0 Å². The second kappa shape index (κ2) is 7.33. The van der Waals surface area contributed by atoms with Crippen LogP contribution in [0.25, 0.3) is 0 Å². The van der Waals surface area contributed by atoms with Crippen LogP contribution in [0.1, 0.15) is 0 Å². The Morgan fingerprint density at radius 1 is 1.39 bits per heavy atom. The van der Waals surface area contributed by atoms with E-state index in [1.54, 1.807) is 20.2 Å². The number of hydrogen-bond donors (Lipinski definition) is 4. The second-order valence-electron chi connectivity index (χ2n) is 3.34. The zero-order valence-electron chi connectivity index (χ0n) is 10.2. The number of thiocarbonyl (C=S) groups is 1. The molecule has 0 aliphatic rings. The van der Waals surface area contributed by atoms with E-state index in [0.717, 1.165) is 11.4 Å². The summed E-state index contributed by atoms with van der Waals surface area (Å²) >= 11 is 4.81. The van der Waals surface area contributed by atoms with Gasteiger partial charge in [-0.15, -0.1) is 0 Å². The Morgan fingerprint density at radius 3 is 2.83 bits per heavy atom. The van der Waals surface area contributed by atoms with Gasteiger partial charge in [-0.2, -0.15) is 0 Å². The number of carbonyl (C=O) groups is 1. The minimum atomic E-state index is -0.226. The van der Waals surface area contributed by atoms with Crippen LogP contribution >= 0.6 is 12.2 Å². The molecule has 1 rings (SSSR count). The summed E-state index contributed by atoms with van der Waals surface area (Å²) in [5, 5.41) is 5.99. The Labute approximate surface area is 111 Å². The SMILES string of the molecule is CNC(=S)NNC(=O)CNc1cccc(OC)c1. The largest absolute Gasteiger partial charge is 0.497 e. The third kappa shape index (κ3) is 4.88. The third-order valence-electron chi connectivity index (χ3n) is 2.07. The topological polar surface area (TPSA) is 74.4 Å². The lowest BCUT2D eigenvalue weighted by molar-refractivity contribution is -0.119. The summed E-state index contributed by atoms with van der Waals surface area (Å²) in [6.45, 7) is 0.131. The van der Waals surface area contributed by atoms with Gasteiger partial charge in [0, 0.05) is 18.8 Å². The number of benzene rings is 1. The van der Waals surface area contributed by atoms with Crippen LogP contribution < -0.4 is 26.2 Å². The van der Waals surface area contributed by atoms with Gasteiger partial charge in [0.1, 0.15) is 5.75 Å². The van der Waals surface area contributed by atoms with Crippen molar-refractivity contribution in [1.82, 2.24) is 16.2 Å². The highest BCUT2D eigenvalue weighted by atomic mass is 32.1. The number of hydrazine groups is 1. The summed E-state index contributed by atoms with van der Waals surface area (Å²) in [5.41, 5.74) is 5.80. The van der Waals surface area contributed by atoms with Crippen LogP contribution in [-0.4, -0.2) is 31.7 Å². The average Bonchev–Trinajstić information content (AvgIpc) is 2.42. The maximum Gasteiger partial charge on any atom is 0.257 e. The van der Waals surface area contributed by atoms with Gasteiger partial charge in [-0.05, 0) is 24.4 Å². The van der Waals surface area contributed by atoms with E-state index in [0.29, 0.717) is 5.11 Å². The first-order valence-electron chi connectivity index (χ1n) is 5.30. The monoisotopic (exact) mass is 268 g/mol. The number of hydrogen-bond acceptors (Lipinski definition) is 4. The third-order valence-corrected chi connectivity index (χ3v) is 2.37. The summed E-state index contributed by atoms with van der Waals surface area (Å²) in [6, 6.07) is 7.33. The van der Waals surface area contributed by atoms with Crippen molar-refractivity contribution in [2.24, 2.45) is 0 Å². The van der Waals surface area contributed by atoms with E-state index in [9.17, 15) is 4.79 Å². The molecule has 0 saturated heterocycles. The number of amides is 1. The van der Waals surface area contributed by atoms with Crippen molar-refractivity contribution < 1.29 is 9.53 Å². The molecule has 0 radical (unpaired) electrons. The molecule has 6 nitrogen and oxygen atoms in total. The molecule has 18 heavy (non-hydrogen) atoms. The number of carbonyl (C=O) groups excluding carboxylic acids is 1. The first-order valence-corrected chi connectivity index (χ1v) is 5.71. The van der Waals surface area contributed by atoms with Gasteiger partial charge in [0.2, 0.25) is 0 Å². The molecule has 0 aliphatic carbocycles. The van der Waals surface area contributed by atoms with E-state index in [1.807, 2.05) is 18.2 Å². The molecule has 0 spiro atoms. The molecule has 1 aromatic carbocycles. The van der Waals surface area contributed by atoms with E-state index >= 15 is 0 Å². The lowest BCUT2D eigenvalue weighted by Crippen LogP contribution is -2.47. The summed E-state index contributed by atoms with van der Waals surface area (Å²) in [6.07, 6.45) is 0. The summed E-state index contributed by atoms with van der Waals surface area (Å²) in [5.74, 6) is 0.505. The number of methoxy groups -OCH3 is 1. The fourth-order valence-electron chi connectivity index (χ4n) is 1.15. The van der Waals surface area contributed by atoms with Crippen molar-refractivity contribution >= 4 is 28.9 Å². The van der Waals surface area contributed by atoms with Gasteiger partial charge in [-0.25, -0.2) is 0 Å². The van der Waals surface area contributed by atoms with Crippen molar-refractivity contribution in [2.75, 3.05) is 26.0 Å². The van der Waals surface area contributed by atoms with Crippen molar-refractivity contribution in [1.29, 1.82) is 0 Å². The van der Waals surface area contributed by atoms with Crippen LogP contribution in [0.3, 0.4) is 0 Å². The molecule has 7 heteroatoms. The Bertz CT molecular complexity index is 425. The van der Waals surface area contributed by atoms with E-state index in [1.165, 1.54) is 0 Å². The van der Waals surface area contributed by atoms with Crippen LogP contribution in [0.15, 0.2) is 24.3 Å². The second-order valence-corrected chi connectivity index (χ2v) is 3.75. The molecule has 0 aliphatic heterocycles. The summed E-state index contributed by atoms with van der Waals surface area (Å²) in [7, 11) is 3.25. The average molecular weight is 268 g/mol. The van der Waals surface area contributed by atoms with Crippen LogP contribution in [0.2, 0.25) is 0 Å². The van der Waals surface area contributed by atoms with E-state index in [4.69, 9.17) is 17.0 Å². The Hall–Kier alpha value is -2.02. The highest BCUT2D eigenvalue weighted by Crippen LogP contribution is 2.16. The molecule has 0 unspecified atom stereocenters. The lowest BCUT2D eigenvalue weighted by Gasteiger charge is -2.10. The predicted molar refractivity (Wildman–Crippen MR) is 74.4 cm³/mol. The minimum Gasteiger partial charge on any atom is -0.497 e. The minimum absolute atomic E-state index is 0.131. The van der Waals surface area contributed by atoms with Crippen molar-refractivity contribution in [2.45, 2.75) is 0 Å². The van der Waals surface area contributed by atoms with E-state index in [2.05, 4.69) is 21.5 Å². The molecule has 4 N–H and O–H groups in total. The first-order chi connectivity index (χ1) is 8.65. The van der Waals surface area contributed by atoms with Crippen LogP contribution in [0.4, 0.5) is 5.69 Å². The fraction of sp³-hybridized carbons (Fsp3) is 0.273. The summed E-state index contributed by atoms with van der Waals surface area (Å²) < 4.78 is 5.08. The molecule has 0 bridgehead atoms. The highest BCUT2D eigenvalue weighted by molar-refractivity contribution is 7.80. The zero-order chi connectivity index (χ0) is 13.4. The van der Waals surface area contributed by atoms with Crippen molar-refractivity contribution in [3.05, 3.63) is 24.3 Å². The van der Waals surface area contributed by atoms with Gasteiger partial charge in [0.25, 0.3) is 5.91 Å². The molecule has 0 atom stereocenters. The molecule has 0 saturated carbocycles. The van der Waals surface area contributed by atoms with Gasteiger partial charge in [-0.1, -0.05) is 6.07 Å².